The fraction of sp³-hybridized carbons (Fsp3) is 0.0500. The molecule has 0 aliphatic carbocycles. The number of aromatic nitrogens is 1. The van der Waals surface area contributed by atoms with Crippen LogP contribution in [0.25, 0.3) is 21.3 Å². The van der Waals surface area contributed by atoms with E-state index < -0.39 is 16.7 Å². The van der Waals surface area contributed by atoms with E-state index in [1.54, 1.807) is 0 Å². The fourth-order valence-electron chi connectivity index (χ4n) is 2.80. The van der Waals surface area contributed by atoms with E-state index in [0.29, 0.717) is 0 Å². The Bertz CT molecular complexity index is 1190. The maximum Gasteiger partial charge on any atom is 0.416 e. The highest BCUT2D eigenvalue weighted by molar-refractivity contribution is 7.20. The molecule has 1 aromatic heterocycles. The summed E-state index contributed by atoms with van der Waals surface area (Å²) in [6.45, 7) is 0. The van der Waals surface area contributed by atoms with Crippen LogP contribution >= 0.6 is 11.3 Å². The summed E-state index contributed by atoms with van der Waals surface area (Å²) in [5.41, 5.74) is -0.0688. The van der Waals surface area contributed by atoms with Crippen LogP contribution in [-0.4, -0.2) is 9.91 Å². The highest BCUT2D eigenvalue weighted by Gasteiger charge is 2.30. The number of thiazole rings is 1. The van der Waals surface area contributed by atoms with E-state index >= 15 is 0 Å². The summed E-state index contributed by atoms with van der Waals surface area (Å²) < 4.78 is 46.0. The van der Waals surface area contributed by atoms with Gasteiger partial charge in [-0.3, -0.25) is 10.1 Å². The third-order valence-electron chi connectivity index (χ3n) is 4.15. The Morgan fingerprint density at radius 2 is 1.79 bits per heavy atom. The number of non-ortho nitro benzene ring substituents is 1. The van der Waals surface area contributed by atoms with Crippen LogP contribution in [0.2, 0.25) is 0 Å². The number of nitro benzene ring substituents is 1. The van der Waals surface area contributed by atoms with Crippen molar-refractivity contribution < 1.29 is 22.8 Å². The first-order valence-corrected chi connectivity index (χ1v) is 9.12. The quantitative estimate of drug-likeness (QED) is 0.275. The predicted molar refractivity (Wildman–Crippen MR) is 103 cm³/mol. The van der Waals surface area contributed by atoms with Crippen molar-refractivity contribution in [2.24, 2.45) is 0 Å². The van der Waals surface area contributed by atoms with Gasteiger partial charge in [0.05, 0.1) is 20.7 Å². The number of alkyl halides is 3. The number of nitrogens with zero attached hydrogens (tertiary/aromatic N) is 2. The molecule has 0 unspecified atom stereocenters. The molecule has 0 N–H and O–H groups in total. The van der Waals surface area contributed by atoms with Crippen LogP contribution in [0.1, 0.15) is 5.56 Å². The molecule has 0 atom stereocenters. The van der Waals surface area contributed by atoms with Crippen molar-refractivity contribution >= 4 is 27.2 Å². The Labute approximate surface area is 166 Å². The molecule has 9 heteroatoms. The second kappa shape index (κ2) is 7.17. The van der Waals surface area contributed by atoms with E-state index in [1.165, 1.54) is 41.7 Å². The number of nitro groups is 1. The molecule has 0 bridgehead atoms. The molecule has 0 aliphatic heterocycles. The first kappa shape index (κ1) is 18.9. The summed E-state index contributed by atoms with van der Waals surface area (Å²) in [5, 5.41) is 11.5. The fourth-order valence-corrected chi connectivity index (χ4v) is 3.63. The number of para-hydroxylation sites is 1. The van der Waals surface area contributed by atoms with Gasteiger partial charge in [0.2, 0.25) is 0 Å². The summed E-state index contributed by atoms with van der Waals surface area (Å²) in [6.07, 6.45) is -4.54. The topological polar surface area (TPSA) is 65.3 Å². The van der Waals surface area contributed by atoms with E-state index in [9.17, 15) is 23.3 Å². The molecule has 0 spiro atoms. The average molecular weight is 416 g/mol. The van der Waals surface area contributed by atoms with Gasteiger partial charge in [0.1, 0.15) is 5.75 Å². The minimum atomic E-state index is -4.54. The number of ether oxygens (including phenoxy) is 1. The zero-order valence-corrected chi connectivity index (χ0v) is 15.3. The number of hydrogen-bond acceptors (Lipinski definition) is 5. The van der Waals surface area contributed by atoms with Gasteiger partial charge in [-0.25, -0.2) is 4.98 Å². The van der Waals surface area contributed by atoms with Crippen LogP contribution in [0.4, 0.5) is 18.9 Å². The van der Waals surface area contributed by atoms with Gasteiger partial charge in [-0.05, 0) is 35.9 Å². The summed E-state index contributed by atoms with van der Waals surface area (Å²) >= 11 is 1.27. The van der Waals surface area contributed by atoms with E-state index in [1.807, 2.05) is 24.3 Å². The minimum absolute atomic E-state index is 0.152. The monoisotopic (exact) mass is 416 g/mol. The Balaban J connectivity index is 1.81. The van der Waals surface area contributed by atoms with Crippen LogP contribution < -0.4 is 4.74 Å². The lowest BCUT2D eigenvalue weighted by Gasteiger charge is -2.12. The minimum Gasteiger partial charge on any atom is -0.430 e. The van der Waals surface area contributed by atoms with E-state index in [2.05, 4.69) is 4.98 Å². The summed E-state index contributed by atoms with van der Waals surface area (Å²) in [6, 6.07) is 15.7. The number of hydrogen-bond donors (Lipinski definition) is 0. The maximum atomic E-state index is 13.1. The Morgan fingerprint density at radius 3 is 2.52 bits per heavy atom. The molecule has 0 saturated heterocycles. The van der Waals surface area contributed by atoms with Gasteiger partial charge < -0.3 is 4.74 Å². The third-order valence-corrected chi connectivity index (χ3v) is 5.06. The molecule has 3 aromatic carbocycles. The maximum absolute atomic E-state index is 13.1. The van der Waals surface area contributed by atoms with Crippen molar-refractivity contribution in [2.75, 3.05) is 0 Å². The summed E-state index contributed by atoms with van der Waals surface area (Å²) in [4.78, 5) is 14.9. The molecule has 146 valence electrons. The molecular formula is C20H11F3N2O3S. The van der Waals surface area contributed by atoms with E-state index in [0.717, 1.165) is 22.3 Å². The van der Waals surface area contributed by atoms with Crippen molar-refractivity contribution in [3.8, 4) is 22.1 Å². The van der Waals surface area contributed by atoms with Crippen molar-refractivity contribution in [2.45, 2.75) is 6.18 Å². The summed E-state index contributed by atoms with van der Waals surface area (Å²) in [5.74, 6) is 0.175. The second-order valence-electron chi connectivity index (χ2n) is 6.07. The lowest BCUT2D eigenvalue weighted by molar-refractivity contribution is -0.384. The van der Waals surface area contributed by atoms with Crippen molar-refractivity contribution in [3.05, 3.63) is 82.4 Å². The van der Waals surface area contributed by atoms with Gasteiger partial charge in [0.25, 0.3) is 10.9 Å². The molecule has 0 radical (unpaired) electrons. The van der Waals surface area contributed by atoms with Gasteiger partial charge in [0.15, 0.2) is 0 Å². The van der Waals surface area contributed by atoms with Gasteiger partial charge in [0, 0.05) is 17.7 Å². The van der Waals surface area contributed by atoms with Gasteiger partial charge in [-0.15, -0.1) is 0 Å². The van der Waals surface area contributed by atoms with Crippen molar-refractivity contribution in [3.63, 3.8) is 0 Å². The summed E-state index contributed by atoms with van der Waals surface area (Å²) in [7, 11) is 0. The van der Waals surface area contributed by atoms with Crippen LogP contribution in [0.15, 0.2) is 66.7 Å². The van der Waals surface area contributed by atoms with Crippen LogP contribution in [0.3, 0.4) is 0 Å². The van der Waals surface area contributed by atoms with Crippen LogP contribution in [-0.2, 0) is 6.18 Å². The zero-order valence-electron chi connectivity index (χ0n) is 14.5. The lowest BCUT2D eigenvalue weighted by Crippen LogP contribution is -2.04. The lowest BCUT2D eigenvalue weighted by atomic mass is 10.0. The van der Waals surface area contributed by atoms with E-state index in [-0.39, 0.29) is 27.8 Å². The highest BCUT2D eigenvalue weighted by Crippen LogP contribution is 2.40. The molecule has 4 aromatic rings. The first-order chi connectivity index (χ1) is 13.8. The van der Waals surface area contributed by atoms with Crippen molar-refractivity contribution in [1.29, 1.82) is 0 Å². The third kappa shape index (κ3) is 3.90. The molecule has 0 saturated carbocycles. The van der Waals surface area contributed by atoms with Crippen molar-refractivity contribution in [1.82, 2.24) is 4.98 Å². The molecular weight excluding hydrogens is 405 g/mol. The number of rotatable bonds is 4. The Hall–Kier alpha value is -3.46. The molecule has 0 aliphatic rings. The largest absolute Gasteiger partial charge is 0.430 e. The second-order valence-corrected chi connectivity index (χ2v) is 7.06. The standard InChI is InChI=1S/C20H11F3N2O3S/c21-20(22,23)13-5-3-4-12(10-13)15-11-14(25(26)27)8-9-17(15)28-19-24-16-6-1-2-7-18(16)29-19/h1-11H. The molecule has 5 nitrogen and oxygen atoms in total. The molecule has 0 fully saturated rings. The zero-order chi connectivity index (χ0) is 20.6. The van der Waals surface area contributed by atoms with E-state index in [4.69, 9.17) is 4.74 Å². The molecule has 1 heterocycles. The van der Waals surface area contributed by atoms with Gasteiger partial charge in [-0.2, -0.15) is 13.2 Å². The first-order valence-electron chi connectivity index (χ1n) is 8.31. The van der Waals surface area contributed by atoms with Crippen LogP contribution in [0, 0.1) is 10.1 Å². The number of halogens is 3. The Morgan fingerprint density at radius 1 is 1.00 bits per heavy atom. The normalized spacial score (nSPS) is 11.6. The molecule has 4 rings (SSSR count). The SMILES string of the molecule is O=[N+]([O-])c1ccc(Oc2nc3ccccc3s2)c(-c2cccc(C(F)(F)F)c2)c1. The van der Waals surface area contributed by atoms with Gasteiger partial charge in [-0.1, -0.05) is 35.6 Å². The van der Waals surface area contributed by atoms with Crippen LogP contribution in [0.5, 0.6) is 10.9 Å². The average Bonchev–Trinajstić information content (AvgIpc) is 3.10. The smallest absolute Gasteiger partial charge is 0.416 e. The number of benzene rings is 3. The van der Waals surface area contributed by atoms with Gasteiger partial charge >= 0.3 is 6.18 Å². The highest BCUT2D eigenvalue weighted by atomic mass is 32.1. The predicted octanol–water partition coefficient (Wildman–Crippen LogP) is 6.68. The molecule has 0 amide bonds. The Kier molecular flexibility index (Phi) is 4.67. The number of fused-ring (bicyclic) bond motifs is 1. The molecule has 29 heavy (non-hydrogen) atoms.